The zero-order valence-corrected chi connectivity index (χ0v) is 37.7. The Morgan fingerprint density at radius 2 is 1.00 bits per heavy atom. The summed E-state index contributed by atoms with van der Waals surface area (Å²) in [6.45, 7) is 3.41. The van der Waals surface area contributed by atoms with Crippen molar-refractivity contribution in [3.05, 3.63) is 18.4 Å². The Hall–Kier alpha value is 0.222. The van der Waals surface area contributed by atoms with Crippen molar-refractivity contribution in [2.45, 2.75) is 174 Å². The van der Waals surface area contributed by atoms with E-state index in [-0.39, 0.29) is 63.7 Å². The molecular weight excluding hydrogens is 1030 g/mol. The Kier molecular flexibility index (Phi) is 20.8. The fourth-order valence-corrected chi connectivity index (χ4v) is 7.64. The van der Waals surface area contributed by atoms with Crippen molar-refractivity contribution in [3.63, 3.8) is 0 Å². The molecule has 5 aliphatic rings. The Morgan fingerprint density at radius 1 is 0.483 bits per heavy atom. The van der Waals surface area contributed by atoms with Gasteiger partial charge in [0, 0.05) is 50.7 Å². The van der Waals surface area contributed by atoms with Gasteiger partial charge in [-0.2, -0.15) is 0 Å². The number of nitrogens with one attached hydrogen (secondary N) is 1. The third kappa shape index (κ3) is 11.6. The smallest absolute Gasteiger partial charge is 0.187 e. The van der Waals surface area contributed by atoms with Crippen molar-refractivity contribution in [2.75, 3.05) is 33.0 Å². The summed E-state index contributed by atoms with van der Waals surface area (Å²) in [5, 5.41) is 137. The standard InChI is InChI=1S/C35H60NO23.Ac/c1-4-6-51-33-27(49)30(22(44)15(9-38)54-33)58-32-17(36)29(50-7-5-13-20(42)23(45)18(40)11(2)52-13)28(16(10-39)56-32)57-35-31(25(47)21(43)14(8-37)55-35)59-34-26(48)24(46)19(41)12(3)53-34;/h4,11-49H,1,5-10H2,2-3H3;/q-1;/t11?,12?,13-,14?,15?,16?,17?,18-,19+,20?,21+,22+,23?,24?,25?,26?,27?,28+,29?,30?,31?,32+,33?,34+,35+;/m1./s1. The molecule has 0 aromatic heterocycles. The van der Waals surface area contributed by atoms with Crippen LogP contribution in [0.4, 0.5) is 0 Å². The maximum absolute atomic E-state index is 11.2. The Labute approximate surface area is 380 Å². The molecule has 5 heterocycles. The van der Waals surface area contributed by atoms with Crippen LogP contribution < -0.4 is 0 Å². The maximum Gasteiger partial charge on any atom is 0.187 e. The second-order valence-corrected chi connectivity index (χ2v) is 15.2. The van der Waals surface area contributed by atoms with Crippen LogP contribution in [-0.2, 0) is 47.4 Å². The summed E-state index contributed by atoms with van der Waals surface area (Å²) in [6.07, 6.45) is -36.6. The molecule has 24 nitrogen and oxygen atoms in total. The third-order valence-corrected chi connectivity index (χ3v) is 11.2. The minimum absolute atomic E-state index is 0. The first kappa shape index (κ1) is 52.8. The van der Waals surface area contributed by atoms with Gasteiger partial charge in [0.25, 0.3) is 0 Å². The number of rotatable bonds is 16. The van der Waals surface area contributed by atoms with E-state index < -0.39 is 173 Å². The van der Waals surface area contributed by atoms with E-state index in [2.05, 4.69) is 6.58 Å². The molecule has 5 rings (SSSR count). The van der Waals surface area contributed by atoms with Crippen LogP contribution in [-0.4, -0.2) is 253 Å². The fraction of sp³-hybridized carbons (Fsp3) is 0.943. The van der Waals surface area contributed by atoms with Crippen LogP contribution in [0.1, 0.15) is 20.3 Å². The van der Waals surface area contributed by atoms with E-state index >= 15 is 0 Å². The van der Waals surface area contributed by atoms with Gasteiger partial charge in [0.1, 0.15) is 104 Å². The monoisotopic (exact) mass is 1090 g/mol. The van der Waals surface area contributed by atoms with Crippen molar-refractivity contribution in [1.82, 2.24) is 0 Å². The van der Waals surface area contributed by atoms with Gasteiger partial charge in [0.15, 0.2) is 18.9 Å². The van der Waals surface area contributed by atoms with Gasteiger partial charge >= 0.3 is 0 Å². The van der Waals surface area contributed by atoms with Gasteiger partial charge in [-0.05, 0) is 20.3 Å². The summed E-state index contributed by atoms with van der Waals surface area (Å²) in [5.41, 5.74) is 9.27. The largest absolute Gasteiger partial charge is 0.668 e. The van der Waals surface area contributed by atoms with Gasteiger partial charge < -0.3 is 119 Å². The summed E-state index contributed by atoms with van der Waals surface area (Å²) < 4.78 is 57.9. The molecule has 5 aliphatic heterocycles. The zero-order chi connectivity index (χ0) is 43.5. The molecule has 1 radical (unpaired) electrons. The molecule has 16 unspecified atom stereocenters. The van der Waals surface area contributed by atoms with Crippen molar-refractivity contribution in [1.29, 1.82) is 0 Å². The number of aliphatic hydroxyl groups excluding tert-OH is 13. The zero-order valence-electron chi connectivity index (χ0n) is 32.9. The summed E-state index contributed by atoms with van der Waals surface area (Å²) in [4.78, 5) is 0. The predicted octanol–water partition coefficient (Wildman–Crippen LogP) is -7.17. The number of hydrogen-bond donors (Lipinski definition) is 13. The molecule has 5 saturated heterocycles. The maximum atomic E-state index is 11.2. The van der Waals surface area contributed by atoms with Crippen molar-refractivity contribution in [3.8, 4) is 0 Å². The first-order chi connectivity index (χ1) is 28.0. The topological polar surface area (TPSA) is 379 Å². The second-order valence-electron chi connectivity index (χ2n) is 15.2. The molecule has 0 aromatic carbocycles. The van der Waals surface area contributed by atoms with Crippen molar-refractivity contribution < 1.29 is 158 Å². The van der Waals surface area contributed by atoms with E-state index in [0.29, 0.717) is 0 Å². The van der Waals surface area contributed by atoms with Gasteiger partial charge in [-0.1, -0.05) is 12.1 Å². The summed E-state index contributed by atoms with van der Waals surface area (Å²) in [7, 11) is 0. The summed E-state index contributed by atoms with van der Waals surface area (Å²) in [5.74, 6) is 0. The van der Waals surface area contributed by atoms with E-state index in [0.717, 1.165) is 0 Å². The molecule has 347 valence electrons. The van der Waals surface area contributed by atoms with Crippen LogP contribution in [0, 0.1) is 44.1 Å². The summed E-state index contributed by atoms with van der Waals surface area (Å²) in [6, 6.07) is -1.72. The van der Waals surface area contributed by atoms with Crippen molar-refractivity contribution >= 4 is 0 Å². The van der Waals surface area contributed by atoms with Gasteiger partial charge in [-0.15, -0.1) is 6.58 Å². The van der Waals surface area contributed by atoms with Gasteiger partial charge in [-0.25, -0.2) is 0 Å². The van der Waals surface area contributed by atoms with Gasteiger partial charge in [-0.3, -0.25) is 0 Å². The third-order valence-electron chi connectivity index (χ3n) is 11.2. The average Bonchev–Trinajstić information content (AvgIpc) is 3.22. The van der Waals surface area contributed by atoms with E-state index in [1.54, 1.807) is 0 Å². The number of hydrogen-bond acceptors (Lipinski definition) is 23. The minimum atomic E-state index is -1.94. The first-order valence-corrected chi connectivity index (χ1v) is 19.4. The number of aliphatic hydroxyl groups is 13. The average molecular weight is 1090 g/mol. The van der Waals surface area contributed by atoms with Crippen LogP contribution in [0.5, 0.6) is 0 Å². The normalized spacial score (nSPS) is 50.2. The second kappa shape index (κ2) is 23.6. The Morgan fingerprint density at radius 3 is 1.62 bits per heavy atom. The molecule has 5 fully saturated rings. The SMILES string of the molecule is C=CCOC1OC(CO)[C@H](O)C(O[C@@H]2OC(CO)[C@H](O[C@@H]3OC(CO)[C@H](O)C(O)C3O[C@@H]3OC(C)[C@H](O)C(O)C3O)C(OCC[C@H]3OC(C)[C@@H](O)C(O)C3O)C2[NH-])C1O.[Ac]. The van der Waals surface area contributed by atoms with E-state index in [4.69, 9.17) is 47.4 Å². The molecule has 25 heteroatoms. The van der Waals surface area contributed by atoms with E-state index in [1.165, 1.54) is 19.9 Å². The quantitative estimate of drug-likeness (QED) is 0.0639. The molecule has 0 spiro atoms. The van der Waals surface area contributed by atoms with Crippen LogP contribution >= 0.6 is 0 Å². The Bertz CT molecular complexity index is 1300. The fourth-order valence-electron chi connectivity index (χ4n) is 7.64. The molecule has 14 N–H and O–H groups in total. The molecule has 0 saturated carbocycles. The van der Waals surface area contributed by atoms with Crippen LogP contribution in [0.3, 0.4) is 0 Å². The molecule has 0 amide bonds. The van der Waals surface area contributed by atoms with Crippen molar-refractivity contribution in [2.24, 2.45) is 0 Å². The molecule has 60 heavy (non-hydrogen) atoms. The van der Waals surface area contributed by atoms with Gasteiger partial charge in [0.05, 0.1) is 50.8 Å². The van der Waals surface area contributed by atoms with E-state index in [1.807, 2.05) is 0 Å². The molecule has 25 atom stereocenters. The first-order valence-electron chi connectivity index (χ1n) is 19.4. The molecular formula is C35H60AcNO23-. The van der Waals surface area contributed by atoms with Crippen LogP contribution in [0.15, 0.2) is 12.7 Å². The summed E-state index contributed by atoms with van der Waals surface area (Å²) >= 11 is 0. The van der Waals surface area contributed by atoms with Crippen LogP contribution in [0.2, 0.25) is 0 Å². The van der Waals surface area contributed by atoms with Crippen LogP contribution in [0.25, 0.3) is 5.73 Å². The molecule has 0 aliphatic carbocycles. The molecule has 0 aromatic rings. The number of ether oxygens (including phenoxy) is 10. The Balaban J connectivity index is 0.00000794. The predicted molar refractivity (Wildman–Crippen MR) is 189 cm³/mol. The molecule has 0 bridgehead atoms. The van der Waals surface area contributed by atoms with E-state index in [9.17, 15) is 72.1 Å². The minimum Gasteiger partial charge on any atom is -0.668 e. The van der Waals surface area contributed by atoms with Gasteiger partial charge in [0.2, 0.25) is 0 Å².